The van der Waals surface area contributed by atoms with E-state index in [1.54, 1.807) is 0 Å². The molecule has 5 heteroatoms. The van der Waals surface area contributed by atoms with Crippen molar-refractivity contribution in [3.05, 3.63) is 65.7 Å². The molecule has 0 unspecified atom stereocenters. The fourth-order valence-electron chi connectivity index (χ4n) is 3.43. The highest BCUT2D eigenvalue weighted by Crippen LogP contribution is 2.30. The summed E-state index contributed by atoms with van der Waals surface area (Å²) in [6.07, 6.45) is 0. The molecule has 1 N–H and O–H groups in total. The second kappa shape index (κ2) is 7.60. The van der Waals surface area contributed by atoms with Crippen molar-refractivity contribution in [2.75, 3.05) is 18.4 Å². The largest absolute Gasteiger partial charge is 0.326 e. The number of carbonyl (C=O) groups is 2. The minimum Gasteiger partial charge on any atom is -0.326 e. The van der Waals surface area contributed by atoms with Crippen molar-refractivity contribution in [2.24, 2.45) is 0 Å². The molecule has 0 aliphatic carbocycles. The highest BCUT2D eigenvalue weighted by molar-refractivity contribution is 5.88. The monoisotopic (exact) mass is 351 g/mol. The molecule has 0 saturated carbocycles. The zero-order valence-corrected chi connectivity index (χ0v) is 15.5. The van der Waals surface area contributed by atoms with Gasteiger partial charge in [-0.05, 0) is 37.1 Å². The number of hydrogen-bond acceptors (Lipinski definition) is 2. The molecule has 0 aromatic heterocycles. The Morgan fingerprint density at radius 3 is 1.88 bits per heavy atom. The summed E-state index contributed by atoms with van der Waals surface area (Å²) in [5.41, 5.74) is 2.97. The van der Waals surface area contributed by atoms with Gasteiger partial charge in [0, 0.05) is 25.7 Å². The van der Waals surface area contributed by atoms with E-state index in [-0.39, 0.29) is 24.0 Å². The Balaban J connectivity index is 1.70. The van der Waals surface area contributed by atoms with Gasteiger partial charge < -0.3 is 15.1 Å². The highest BCUT2D eigenvalue weighted by atomic mass is 16.2. The van der Waals surface area contributed by atoms with Gasteiger partial charge in [-0.1, -0.05) is 42.5 Å². The van der Waals surface area contributed by atoms with Crippen molar-refractivity contribution in [3.63, 3.8) is 0 Å². The molecule has 2 aromatic rings. The normalized spacial score (nSPS) is 16.5. The smallest absolute Gasteiger partial charge is 0.321 e. The van der Waals surface area contributed by atoms with Crippen LogP contribution in [-0.4, -0.2) is 34.8 Å². The summed E-state index contributed by atoms with van der Waals surface area (Å²) in [6.45, 7) is 7.04. The number of amides is 3. The van der Waals surface area contributed by atoms with E-state index in [2.05, 4.69) is 24.4 Å². The maximum absolute atomic E-state index is 12.9. The number of benzene rings is 2. The van der Waals surface area contributed by atoms with E-state index in [4.69, 9.17) is 0 Å². The molecule has 1 aliphatic heterocycles. The minimum atomic E-state index is -0.0916. The van der Waals surface area contributed by atoms with Gasteiger partial charge in [-0.2, -0.15) is 0 Å². The van der Waals surface area contributed by atoms with Crippen molar-refractivity contribution in [2.45, 2.75) is 32.9 Å². The molecule has 3 rings (SSSR count). The third kappa shape index (κ3) is 3.72. The van der Waals surface area contributed by atoms with Gasteiger partial charge in [-0.3, -0.25) is 4.79 Å². The van der Waals surface area contributed by atoms with Crippen LogP contribution >= 0.6 is 0 Å². The van der Waals surface area contributed by atoms with Crippen molar-refractivity contribution < 1.29 is 9.59 Å². The van der Waals surface area contributed by atoms with Gasteiger partial charge in [0.05, 0.1) is 12.1 Å². The van der Waals surface area contributed by atoms with E-state index in [1.165, 1.54) is 6.92 Å². The van der Waals surface area contributed by atoms with Gasteiger partial charge in [0.25, 0.3) is 0 Å². The van der Waals surface area contributed by atoms with E-state index in [9.17, 15) is 9.59 Å². The van der Waals surface area contributed by atoms with Crippen LogP contribution in [0.5, 0.6) is 0 Å². The summed E-state index contributed by atoms with van der Waals surface area (Å²) in [5, 5.41) is 2.76. The Bertz CT molecular complexity index is 774. The van der Waals surface area contributed by atoms with E-state index in [0.717, 1.165) is 23.4 Å². The van der Waals surface area contributed by atoms with Crippen LogP contribution < -0.4 is 5.32 Å². The number of urea groups is 1. The van der Waals surface area contributed by atoms with Gasteiger partial charge in [0.15, 0.2) is 0 Å². The quantitative estimate of drug-likeness (QED) is 0.877. The lowest BCUT2D eigenvalue weighted by Crippen LogP contribution is -2.35. The predicted molar refractivity (Wildman–Crippen MR) is 103 cm³/mol. The average molecular weight is 351 g/mol. The summed E-state index contributed by atoms with van der Waals surface area (Å²) in [5.74, 6) is -0.0916. The summed E-state index contributed by atoms with van der Waals surface area (Å²) in [4.78, 5) is 27.9. The summed E-state index contributed by atoms with van der Waals surface area (Å²) < 4.78 is 0. The lowest BCUT2D eigenvalue weighted by Gasteiger charge is -2.28. The van der Waals surface area contributed by atoms with E-state index in [1.807, 2.05) is 59.2 Å². The molecule has 2 aromatic carbocycles. The lowest BCUT2D eigenvalue weighted by molar-refractivity contribution is -0.114. The van der Waals surface area contributed by atoms with E-state index in [0.29, 0.717) is 6.54 Å². The first-order valence-corrected chi connectivity index (χ1v) is 8.97. The molecule has 1 aliphatic rings. The SMILES string of the molecule is CC(=O)Nc1ccc([C@H](C)N2CCN([C@@H](C)c3ccccc3)C2=O)cc1. The fraction of sp³-hybridized carbons (Fsp3) is 0.333. The van der Waals surface area contributed by atoms with Gasteiger partial charge in [-0.25, -0.2) is 4.79 Å². The lowest BCUT2D eigenvalue weighted by atomic mass is 10.1. The molecule has 0 spiro atoms. The molecule has 1 fully saturated rings. The van der Waals surface area contributed by atoms with Crippen molar-refractivity contribution in [1.29, 1.82) is 0 Å². The molecule has 0 radical (unpaired) electrons. The molecular weight excluding hydrogens is 326 g/mol. The maximum Gasteiger partial charge on any atom is 0.321 e. The Morgan fingerprint density at radius 1 is 0.885 bits per heavy atom. The summed E-state index contributed by atoms with van der Waals surface area (Å²) in [7, 11) is 0. The number of nitrogens with zero attached hydrogens (tertiary/aromatic N) is 2. The minimum absolute atomic E-state index is 0.0122. The average Bonchev–Trinajstić information content (AvgIpc) is 3.03. The molecule has 1 heterocycles. The molecule has 0 bridgehead atoms. The second-order valence-corrected chi connectivity index (χ2v) is 6.74. The second-order valence-electron chi connectivity index (χ2n) is 6.74. The topological polar surface area (TPSA) is 52.7 Å². The molecule has 2 atom stereocenters. The first-order chi connectivity index (χ1) is 12.5. The maximum atomic E-state index is 12.9. The van der Waals surface area contributed by atoms with Crippen LogP contribution in [-0.2, 0) is 4.79 Å². The summed E-state index contributed by atoms with van der Waals surface area (Å²) >= 11 is 0. The molecule has 5 nitrogen and oxygen atoms in total. The third-order valence-corrected chi connectivity index (χ3v) is 5.00. The Kier molecular flexibility index (Phi) is 5.26. The molecule has 136 valence electrons. The van der Waals surface area contributed by atoms with Crippen molar-refractivity contribution >= 4 is 17.6 Å². The van der Waals surface area contributed by atoms with Crippen molar-refractivity contribution in [1.82, 2.24) is 9.80 Å². The zero-order chi connectivity index (χ0) is 18.7. The third-order valence-electron chi connectivity index (χ3n) is 5.00. The van der Waals surface area contributed by atoms with Crippen LogP contribution in [0.1, 0.15) is 44.0 Å². The standard InChI is InChI=1S/C21H25N3O2/c1-15(18-7-5-4-6-8-18)23-13-14-24(21(23)26)16(2)19-9-11-20(12-10-19)22-17(3)25/h4-12,15-16H,13-14H2,1-3H3,(H,22,25)/t15-,16-/m0/s1. The number of rotatable bonds is 5. The number of hydrogen-bond donors (Lipinski definition) is 1. The molecular formula is C21H25N3O2. The molecule has 26 heavy (non-hydrogen) atoms. The van der Waals surface area contributed by atoms with Crippen LogP contribution in [0.4, 0.5) is 10.5 Å². The van der Waals surface area contributed by atoms with Gasteiger partial charge >= 0.3 is 6.03 Å². The van der Waals surface area contributed by atoms with Crippen LogP contribution in [0.25, 0.3) is 0 Å². The van der Waals surface area contributed by atoms with Crippen molar-refractivity contribution in [3.8, 4) is 0 Å². The van der Waals surface area contributed by atoms with Crippen LogP contribution in [0.3, 0.4) is 0 Å². The van der Waals surface area contributed by atoms with Gasteiger partial charge in [-0.15, -0.1) is 0 Å². The van der Waals surface area contributed by atoms with Gasteiger partial charge in [0.1, 0.15) is 0 Å². The molecule has 1 saturated heterocycles. The fourth-order valence-corrected chi connectivity index (χ4v) is 3.43. The predicted octanol–water partition coefficient (Wildman–Crippen LogP) is 4.20. The number of carbonyl (C=O) groups excluding carboxylic acids is 2. The van der Waals surface area contributed by atoms with Crippen LogP contribution in [0.2, 0.25) is 0 Å². The van der Waals surface area contributed by atoms with Crippen LogP contribution in [0.15, 0.2) is 54.6 Å². The number of nitrogens with one attached hydrogen (secondary N) is 1. The highest BCUT2D eigenvalue weighted by Gasteiger charge is 2.35. The Morgan fingerprint density at radius 2 is 1.38 bits per heavy atom. The first-order valence-electron chi connectivity index (χ1n) is 8.97. The summed E-state index contributed by atoms with van der Waals surface area (Å²) in [6, 6.07) is 17.9. The van der Waals surface area contributed by atoms with E-state index < -0.39 is 0 Å². The van der Waals surface area contributed by atoms with E-state index >= 15 is 0 Å². The number of anilines is 1. The van der Waals surface area contributed by atoms with Gasteiger partial charge in [0.2, 0.25) is 5.91 Å². The Hall–Kier alpha value is -2.82. The van der Waals surface area contributed by atoms with Crippen LogP contribution in [0, 0.1) is 0 Å². The zero-order valence-electron chi connectivity index (χ0n) is 15.5. The first kappa shape index (κ1) is 18.0. The molecule has 3 amide bonds. The Labute approximate surface area is 154 Å².